The molecule has 0 aliphatic carbocycles. The minimum Gasteiger partial charge on any atom is -0.493 e. The fraction of sp³-hybridized carbons (Fsp3) is 0.143. The first kappa shape index (κ1) is 12.9. The van der Waals surface area contributed by atoms with E-state index in [1.54, 1.807) is 19.2 Å². The van der Waals surface area contributed by atoms with Crippen molar-refractivity contribution in [1.82, 2.24) is 4.98 Å². The maximum absolute atomic E-state index is 7.27. The van der Waals surface area contributed by atoms with E-state index < -0.39 is 0 Å². The largest absolute Gasteiger partial charge is 0.493 e. The van der Waals surface area contributed by atoms with Crippen LogP contribution in [0.5, 0.6) is 17.2 Å². The number of nitrogens with zero attached hydrogens (tertiary/aromatic N) is 1. The van der Waals surface area contributed by atoms with Gasteiger partial charge in [0.25, 0.3) is 0 Å². The van der Waals surface area contributed by atoms with Crippen LogP contribution in [0.2, 0.25) is 0 Å². The number of pyridine rings is 1. The van der Waals surface area contributed by atoms with Crippen molar-refractivity contribution >= 4 is 5.84 Å². The molecule has 1 aromatic carbocycles. The first-order valence-electron chi connectivity index (χ1n) is 5.73. The van der Waals surface area contributed by atoms with E-state index in [9.17, 15) is 0 Å². The van der Waals surface area contributed by atoms with Crippen LogP contribution < -0.4 is 15.2 Å². The van der Waals surface area contributed by atoms with E-state index >= 15 is 0 Å². The van der Waals surface area contributed by atoms with E-state index in [1.165, 1.54) is 6.20 Å². The molecule has 0 bridgehead atoms. The zero-order chi connectivity index (χ0) is 13.8. The molecule has 98 valence electrons. The Hall–Kier alpha value is -2.56. The molecule has 1 heterocycles. The summed E-state index contributed by atoms with van der Waals surface area (Å²) in [7, 11) is 1.60. The van der Waals surface area contributed by atoms with Crippen LogP contribution in [0, 0.1) is 12.3 Å². The van der Waals surface area contributed by atoms with Crippen LogP contribution in [0.1, 0.15) is 11.3 Å². The van der Waals surface area contributed by atoms with Crippen molar-refractivity contribution in [2.45, 2.75) is 6.92 Å². The molecule has 0 fully saturated rings. The summed E-state index contributed by atoms with van der Waals surface area (Å²) in [6.45, 7) is 1.98. The highest BCUT2D eigenvalue weighted by Gasteiger charge is 2.06. The maximum Gasteiger partial charge on any atom is 0.169 e. The number of amidine groups is 1. The van der Waals surface area contributed by atoms with Crippen molar-refractivity contribution in [3.05, 3.63) is 47.8 Å². The number of rotatable bonds is 4. The van der Waals surface area contributed by atoms with Crippen molar-refractivity contribution in [3.8, 4) is 17.2 Å². The smallest absolute Gasteiger partial charge is 0.169 e. The van der Waals surface area contributed by atoms with Crippen LogP contribution in [-0.2, 0) is 0 Å². The minimum atomic E-state index is -0.0699. The van der Waals surface area contributed by atoms with E-state index in [1.807, 2.05) is 25.1 Å². The second kappa shape index (κ2) is 5.39. The van der Waals surface area contributed by atoms with Gasteiger partial charge in [0.15, 0.2) is 11.5 Å². The third-order valence-electron chi connectivity index (χ3n) is 2.56. The van der Waals surface area contributed by atoms with Gasteiger partial charge in [-0.3, -0.25) is 5.41 Å². The van der Waals surface area contributed by atoms with Crippen molar-refractivity contribution in [1.29, 1.82) is 5.41 Å². The highest BCUT2D eigenvalue weighted by molar-refractivity contribution is 5.92. The Morgan fingerprint density at radius 1 is 1.21 bits per heavy atom. The molecule has 0 saturated heterocycles. The van der Waals surface area contributed by atoms with Gasteiger partial charge in [0.2, 0.25) is 0 Å². The SMILES string of the molecule is COc1cc(C)ccc1Oc1ccc(C(=N)N)nc1. The fourth-order valence-corrected chi connectivity index (χ4v) is 1.59. The van der Waals surface area contributed by atoms with Gasteiger partial charge in [0.05, 0.1) is 13.3 Å². The Bertz CT molecular complexity index is 594. The zero-order valence-corrected chi connectivity index (χ0v) is 10.8. The van der Waals surface area contributed by atoms with Gasteiger partial charge < -0.3 is 15.2 Å². The number of ether oxygens (including phenoxy) is 2. The Kier molecular flexibility index (Phi) is 3.66. The second-order valence-electron chi connectivity index (χ2n) is 4.05. The van der Waals surface area contributed by atoms with Gasteiger partial charge in [0.1, 0.15) is 17.3 Å². The minimum absolute atomic E-state index is 0.0699. The lowest BCUT2D eigenvalue weighted by Crippen LogP contribution is -2.12. The number of hydrogen-bond acceptors (Lipinski definition) is 4. The van der Waals surface area contributed by atoms with Crippen LogP contribution in [0.4, 0.5) is 0 Å². The number of nitrogens with two attached hydrogens (primary N) is 1. The molecule has 0 unspecified atom stereocenters. The molecule has 0 aliphatic rings. The van der Waals surface area contributed by atoms with Crippen molar-refractivity contribution in [2.24, 2.45) is 5.73 Å². The quantitative estimate of drug-likeness (QED) is 0.651. The predicted molar refractivity (Wildman–Crippen MR) is 73.1 cm³/mol. The third kappa shape index (κ3) is 3.01. The Morgan fingerprint density at radius 3 is 2.58 bits per heavy atom. The van der Waals surface area contributed by atoms with Gasteiger partial charge >= 0.3 is 0 Å². The summed E-state index contributed by atoms with van der Waals surface area (Å²) in [5, 5.41) is 7.27. The van der Waals surface area contributed by atoms with Gasteiger partial charge in [-0.05, 0) is 36.8 Å². The van der Waals surface area contributed by atoms with E-state index in [0.717, 1.165) is 5.56 Å². The zero-order valence-electron chi connectivity index (χ0n) is 10.8. The second-order valence-corrected chi connectivity index (χ2v) is 4.05. The maximum atomic E-state index is 7.27. The fourth-order valence-electron chi connectivity index (χ4n) is 1.59. The molecule has 5 nitrogen and oxygen atoms in total. The molecule has 0 amide bonds. The monoisotopic (exact) mass is 257 g/mol. The molecule has 1 aromatic heterocycles. The van der Waals surface area contributed by atoms with Crippen LogP contribution >= 0.6 is 0 Å². The number of benzene rings is 1. The number of methoxy groups -OCH3 is 1. The molecule has 0 aliphatic heterocycles. The average Bonchev–Trinajstić information content (AvgIpc) is 2.41. The summed E-state index contributed by atoms with van der Waals surface area (Å²) in [4.78, 5) is 4.03. The van der Waals surface area contributed by atoms with E-state index in [2.05, 4.69) is 4.98 Å². The van der Waals surface area contributed by atoms with Gasteiger partial charge in [-0.2, -0.15) is 0 Å². The van der Waals surface area contributed by atoms with Gasteiger partial charge in [-0.25, -0.2) is 4.98 Å². The van der Waals surface area contributed by atoms with Gasteiger partial charge in [-0.15, -0.1) is 0 Å². The lowest BCUT2D eigenvalue weighted by atomic mass is 10.2. The first-order chi connectivity index (χ1) is 9.10. The molecule has 3 N–H and O–H groups in total. The van der Waals surface area contributed by atoms with Gasteiger partial charge in [-0.1, -0.05) is 6.07 Å². The highest BCUT2D eigenvalue weighted by atomic mass is 16.5. The predicted octanol–water partition coefficient (Wildman–Crippen LogP) is 2.47. The molecule has 0 radical (unpaired) electrons. The molecule has 5 heteroatoms. The number of nitrogens with one attached hydrogen (secondary N) is 1. The van der Waals surface area contributed by atoms with Crippen LogP contribution in [0.15, 0.2) is 36.5 Å². The Morgan fingerprint density at radius 2 is 2.00 bits per heavy atom. The normalized spacial score (nSPS) is 10.0. The topological polar surface area (TPSA) is 81.2 Å². The summed E-state index contributed by atoms with van der Waals surface area (Å²) >= 11 is 0. The van der Waals surface area contributed by atoms with Crippen LogP contribution in [0.3, 0.4) is 0 Å². The summed E-state index contributed by atoms with van der Waals surface area (Å²) in [5.41, 5.74) is 6.85. The number of nitrogen functional groups attached to an aromatic ring is 1. The lowest BCUT2D eigenvalue weighted by Gasteiger charge is -2.10. The number of aryl methyl sites for hydroxylation is 1. The standard InChI is InChI=1S/C14H15N3O2/c1-9-3-6-12(13(7-9)18-2)19-10-4-5-11(14(15)16)17-8-10/h3-8H,1-2H3,(H3,15,16). The molecule has 2 aromatic rings. The summed E-state index contributed by atoms with van der Waals surface area (Å²) in [6.07, 6.45) is 1.52. The van der Waals surface area contributed by atoms with Crippen LogP contribution in [-0.4, -0.2) is 17.9 Å². The first-order valence-corrected chi connectivity index (χ1v) is 5.73. The van der Waals surface area contributed by atoms with Crippen molar-refractivity contribution in [2.75, 3.05) is 7.11 Å². The highest BCUT2D eigenvalue weighted by Crippen LogP contribution is 2.31. The molecule has 19 heavy (non-hydrogen) atoms. The average molecular weight is 257 g/mol. The molecular weight excluding hydrogens is 242 g/mol. The van der Waals surface area contributed by atoms with Gasteiger partial charge in [0, 0.05) is 0 Å². The lowest BCUT2D eigenvalue weighted by molar-refractivity contribution is 0.378. The van der Waals surface area contributed by atoms with E-state index in [0.29, 0.717) is 22.9 Å². The number of aromatic nitrogens is 1. The Balaban J connectivity index is 2.23. The molecular formula is C14H15N3O2. The van der Waals surface area contributed by atoms with Crippen LogP contribution in [0.25, 0.3) is 0 Å². The summed E-state index contributed by atoms with van der Waals surface area (Å²) < 4.78 is 11.0. The third-order valence-corrected chi connectivity index (χ3v) is 2.56. The molecule has 2 rings (SSSR count). The summed E-state index contributed by atoms with van der Waals surface area (Å²) in [6, 6.07) is 9.02. The Labute approximate surface area is 111 Å². The summed E-state index contributed by atoms with van der Waals surface area (Å²) in [5.74, 6) is 1.77. The number of hydrogen-bond donors (Lipinski definition) is 2. The van der Waals surface area contributed by atoms with Crippen molar-refractivity contribution < 1.29 is 9.47 Å². The van der Waals surface area contributed by atoms with Crippen molar-refractivity contribution in [3.63, 3.8) is 0 Å². The molecule has 0 spiro atoms. The molecule has 0 atom stereocenters. The van der Waals surface area contributed by atoms with E-state index in [4.69, 9.17) is 20.6 Å². The molecule has 0 saturated carbocycles. The van der Waals surface area contributed by atoms with E-state index in [-0.39, 0.29) is 5.84 Å².